The van der Waals surface area contributed by atoms with E-state index in [9.17, 15) is 24.3 Å². The average molecular weight is 358 g/mol. The molecule has 138 valence electrons. The lowest BCUT2D eigenvalue weighted by atomic mass is 9.86. The van der Waals surface area contributed by atoms with E-state index >= 15 is 0 Å². The summed E-state index contributed by atoms with van der Waals surface area (Å²) in [6.45, 7) is 0. The van der Waals surface area contributed by atoms with Gasteiger partial charge in [-0.25, -0.2) is 0 Å². The van der Waals surface area contributed by atoms with Gasteiger partial charge >= 0.3 is 5.97 Å². The number of rotatable bonds is 3. The number of benzene rings is 1. The Hall–Kier alpha value is -2.70. The van der Waals surface area contributed by atoms with Crippen molar-refractivity contribution in [1.82, 2.24) is 10.2 Å². The van der Waals surface area contributed by atoms with E-state index in [1.165, 1.54) is 25.2 Å². The Labute approximate surface area is 151 Å². The van der Waals surface area contributed by atoms with Crippen molar-refractivity contribution < 1.29 is 24.3 Å². The average Bonchev–Trinajstić information content (AvgIpc) is 2.81. The predicted molar refractivity (Wildman–Crippen MR) is 92.9 cm³/mol. The summed E-state index contributed by atoms with van der Waals surface area (Å²) in [7, 11) is 1.40. The number of nitrogens with one attached hydrogen (secondary N) is 1. The zero-order chi connectivity index (χ0) is 18.8. The monoisotopic (exact) mass is 358 g/mol. The van der Waals surface area contributed by atoms with Gasteiger partial charge in [0, 0.05) is 18.7 Å². The largest absolute Gasteiger partial charge is 0.481 e. The van der Waals surface area contributed by atoms with Gasteiger partial charge in [-0.15, -0.1) is 0 Å². The highest BCUT2D eigenvalue weighted by molar-refractivity contribution is 6.21. The second kappa shape index (κ2) is 7.27. The molecule has 1 fully saturated rings. The smallest absolute Gasteiger partial charge is 0.308 e. The summed E-state index contributed by atoms with van der Waals surface area (Å²) >= 11 is 0. The van der Waals surface area contributed by atoms with Crippen LogP contribution in [0.5, 0.6) is 0 Å². The topological polar surface area (TPSA) is 104 Å². The number of fused-ring (bicyclic) bond motifs is 1. The molecule has 2 unspecified atom stereocenters. The lowest BCUT2D eigenvalue weighted by Crippen LogP contribution is -2.44. The first-order chi connectivity index (χ1) is 12.4. The van der Waals surface area contributed by atoms with Gasteiger partial charge in [-0.1, -0.05) is 25.7 Å². The summed E-state index contributed by atoms with van der Waals surface area (Å²) < 4.78 is 0. The number of amides is 3. The number of carboxylic acids is 1. The standard InChI is InChI=1S/C19H22N2O5/c1-21-17(23)12-9-8-11(10-14(12)18(21)24)16(22)20-15-7-5-3-2-4-6-13(15)19(25)26/h8-10,13,15H,2-7H2,1H3,(H,20,22)(H,25,26). The van der Waals surface area contributed by atoms with Crippen LogP contribution in [0.15, 0.2) is 18.2 Å². The first-order valence-electron chi connectivity index (χ1n) is 8.90. The van der Waals surface area contributed by atoms with Gasteiger partial charge in [-0.2, -0.15) is 0 Å². The third-order valence-electron chi connectivity index (χ3n) is 5.25. The Morgan fingerprint density at radius 1 is 1.04 bits per heavy atom. The number of carbonyl (C=O) groups excluding carboxylic acids is 3. The molecule has 0 spiro atoms. The molecule has 0 radical (unpaired) electrons. The van der Waals surface area contributed by atoms with Crippen molar-refractivity contribution >= 4 is 23.7 Å². The van der Waals surface area contributed by atoms with Crippen LogP contribution < -0.4 is 5.32 Å². The van der Waals surface area contributed by atoms with Crippen molar-refractivity contribution in [3.8, 4) is 0 Å². The molecule has 0 aromatic heterocycles. The molecule has 3 rings (SSSR count). The van der Waals surface area contributed by atoms with Gasteiger partial charge < -0.3 is 10.4 Å². The molecular weight excluding hydrogens is 336 g/mol. The van der Waals surface area contributed by atoms with Crippen LogP contribution in [0.25, 0.3) is 0 Å². The molecule has 7 nitrogen and oxygen atoms in total. The quantitative estimate of drug-likeness (QED) is 0.805. The van der Waals surface area contributed by atoms with Gasteiger partial charge in [-0.05, 0) is 31.0 Å². The maximum Gasteiger partial charge on any atom is 0.308 e. The zero-order valence-corrected chi connectivity index (χ0v) is 14.7. The van der Waals surface area contributed by atoms with Crippen LogP contribution in [0.3, 0.4) is 0 Å². The number of hydrogen-bond donors (Lipinski definition) is 2. The molecule has 7 heteroatoms. The fraction of sp³-hybridized carbons (Fsp3) is 0.474. The molecule has 0 saturated heterocycles. The maximum absolute atomic E-state index is 12.6. The minimum absolute atomic E-state index is 0.206. The number of hydrogen-bond acceptors (Lipinski definition) is 4. The summed E-state index contributed by atoms with van der Waals surface area (Å²) in [5.74, 6) is -2.74. The number of nitrogens with zero attached hydrogens (tertiary/aromatic N) is 1. The van der Waals surface area contributed by atoms with E-state index in [0.29, 0.717) is 12.8 Å². The predicted octanol–water partition coefficient (Wildman–Crippen LogP) is 2.07. The SMILES string of the molecule is CN1C(=O)c2ccc(C(=O)NC3CCCCCCC3C(=O)O)cc2C1=O. The first-order valence-corrected chi connectivity index (χ1v) is 8.90. The minimum Gasteiger partial charge on any atom is -0.481 e. The van der Waals surface area contributed by atoms with E-state index in [-0.39, 0.29) is 22.6 Å². The Morgan fingerprint density at radius 2 is 1.69 bits per heavy atom. The second-order valence-corrected chi connectivity index (χ2v) is 6.95. The van der Waals surface area contributed by atoms with E-state index in [0.717, 1.165) is 30.6 Å². The molecule has 2 atom stereocenters. The number of carbonyl (C=O) groups is 4. The Balaban J connectivity index is 1.80. The highest BCUT2D eigenvalue weighted by Crippen LogP contribution is 2.25. The lowest BCUT2D eigenvalue weighted by molar-refractivity contribution is -0.143. The van der Waals surface area contributed by atoms with Gasteiger partial charge in [0.25, 0.3) is 17.7 Å². The van der Waals surface area contributed by atoms with Gasteiger partial charge in [0.1, 0.15) is 0 Å². The molecule has 1 saturated carbocycles. The number of carboxylic acid groups (broad SMARTS) is 1. The van der Waals surface area contributed by atoms with E-state index in [1.807, 2.05) is 0 Å². The lowest BCUT2D eigenvalue weighted by Gasteiger charge is -2.27. The maximum atomic E-state index is 12.6. The van der Waals surface area contributed by atoms with Crippen LogP contribution in [0.1, 0.15) is 69.6 Å². The van der Waals surface area contributed by atoms with Crippen molar-refractivity contribution in [2.45, 2.75) is 44.6 Å². The summed E-state index contributed by atoms with van der Waals surface area (Å²) in [5.41, 5.74) is 0.743. The summed E-state index contributed by atoms with van der Waals surface area (Å²) in [5, 5.41) is 12.3. The van der Waals surface area contributed by atoms with Gasteiger partial charge in [0.05, 0.1) is 17.0 Å². The van der Waals surface area contributed by atoms with Crippen LogP contribution in [0.4, 0.5) is 0 Å². The van der Waals surface area contributed by atoms with Crippen molar-refractivity contribution in [2.24, 2.45) is 5.92 Å². The molecule has 2 aliphatic rings. The fourth-order valence-electron chi connectivity index (χ4n) is 3.71. The van der Waals surface area contributed by atoms with Gasteiger partial charge in [-0.3, -0.25) is 24.1 Å². The molecule has 3 amide bonds. The minimum atomic E-state index is -0.895. The molecule has 1 aromatic carbocycles. The van der Waals surface area contributed by atoms with Crippen molar-refractivity contribution in [2.75, 3.05) is 7.05 Å². The molecule has 1 aliphatic heterocycles. The first kappa shape index (κ1) is 18.1. The van der Waals surface area contributed by atoms with Crippen molar-refractivity contribution in [3.63, 3.8) is 0 Å². The molecule has 26 heavy (non-hydrogen) atoms. The molecule has 1 heterocycles. The van der Waals surface area contributed by atoms with Gasteiger partial charge in [0.2, 0.25) is 0 Å². The summed E-state index contributed by atoms with van der Waals surface area (Å²) in [4.78, 5) is 49.3. The molecule has 2 N–H and O–H groups in total. The highest BCUT2D eigenvalue weighted by atomic mass is 16.4. The Bertz CT molecular complexity index is 773. The third-order valence-corrected chi connectivity index (χ3v) is 5.25. The van der Waals surface area contributed by atoms with Crippen LogP contribution in [0.2, 0.25) is 0 Å². The van der Waals surface area contributed by atoms with Crippen LogP contribution in [-0.2, 0) is 4.79 Å². The molecule has 1 aromatic rings. The Kier molecular flexibility index (Phi) is 5.06. The number of aliphatic carboxylic acids is 1. The third kappa shape index (κ3) is 3.34. The molecule has 0 bridgehead atoms. The highest BCUT2D eigenvalue weighted by Gasteiger charge is 2.34. The Morgan fingerprint density at radius 3 is 2.38 bits per heavy atom. The fourth-order valence-corrected chi connectivity index (χ4v) is 3.71. The van der Waals surface area contributed by atoms with Crippen LogP contribution >= 0.6 is 0 Å². The zero-order valence-electron chi connectivity index (χ0n) is 14.7. The summed E-state index contributed by atoms with van der Waals surface area (Å²) in [6, 6.07) is 3.94. The molecule has 1 aliphatic carbocycles. The van der Waals surface area contributed by atoms with Crippen molar-refractivity contribution in [1.29, 1.82) is 0 Å². The number of imide groups is 1. The second-order valence-electron chi connectivity index (χ2n) is 6.95. The normalized spacial score (nSPS) is 23.2. The van der Waals surface area contributed by atoms with Crippen LogP contribution in [-0.4, -0.2) is 46.8 Å². The molecular formula is C19H22N2O5. The van der Waals surface area contributed by atoms with E-state index in [4.69, 9.17) is 0 Å². The summed E-state index contributed by atoms with van der Waals surface area (Å²) in [6.07, 6.45) is 4.91. The van der Waals surface area contributed by atoms with E-state index in [1.54, 1.807) is 0 Å². The van der Waals surface area contributed by atoms with E-state index < -0.39 is 29.7 Å². The van der Waals surface area contributed by atoms with E-state index in [2.05, 4.69) is 5.32 Å². The van der Waals surface area contributed by atoms with Crippen LogP contribution in [0, 0.1) is 5.92 Å². The van der Waals surface area contributed by atoms with Crippen molar-refractivity contribution in [3.05, 3.63) is 34.9 Å². The van der Waals surface area contributed by atoms with Gasteiger partial charge in [0.15, 0.2) is 0 Å².